The highest BCUT2D eigenvalue weighted by Crippen LogP contribution is 2.21. The van der Waals surface area contributed by atoms with Crippen molar-refractivity contribution in [2.75, 3.05) is 19.8 Å². The maximum atomic E-state index is 8.91. The summed E-state index contributed by atoms with van der Waals surface area (Å²) < 4.78 is 5.22. The lowest BCUT2D eigenvalue weighted by Crippen LogP contribution is -2.25. The molecule has 0 amide bonds. The molecule has 0 spiro atoms. The number of ether oxygens (including phenoxy) is 1. The third-order valence-electron chi connectivity index (χ3n) is 1.49. The lowest BCUT2D eigenvalue weighted by molar-refractivity contribution is -0.0229. The summed E-state index contributed by atoms with van der Waals surface area (Å²) >= 11 is 0. The van der Waals surface area contributed by atoms with Gasteiger partial charge in [-0.25, -0.2) is 0 Å². The second kappa shape index (κ2) is 5.51. The van der Waals surface area contributed by atoms with E-state index < -0.39 is 0 Å². The van der Waals surface area contributed by atoms with Gasteiger partial charge in [0.05, 0.1) is 25.9 Å². The van der Waals surface area contributed by atoms with E-state index in [1.807, 2.05) is 0 Å². The topological polar surface area (TPSA) is 49.7 Å². The van der Waals surface area contributed by atoms with E-state index >= 15 is 0 Å². The maximum absolute atomic E-state index is 8.91. The molecule has 0 saturated carbocycles. The SMILES string of the molecule is CC(C)(C)CC(CO)OCCO. The van der Waals surface area contributed by atoms with Crippen molar-refractivity contribution in [3.8, 4) is 0 Å². The Kier molecular flexibility index (Phi) is 5.46. The van der Waals surface area contributed by atoms with Gasteiger partial charge in [-0.15, -0.1) is 0 Å². The molecule has 3 nitrogen and oxygen atoms in total. The minimum atomic E-state index is -0.142. The zero-order valence-electron chi connectivity index (χ0n) is 8.21. The van der Waals surface area contributed by atoms with Crippen molar-refractivity contribution in [3.63, 3.8) is 0 Å². The fraction of sp³-hybridized carbons (Fsp3) is 1.00. The molecule has 3 heteroatoms. The van der Waals surface area contributed by atoms with Gasteiger partial charge in [0.2, 0.25) is 0 Å². The predicted octanol–water partition coefficient (Wildman–Crippen LogP) is 0.792. The first-order valence-corrected chi connectivity index (χ1v) is 4.33. The van der Waals surface area contributed by atoms with Gasteiger partial charge in [-0.2, -0.15) is 0 Å². The molecule has 0 rings (SSSR count). The van der Waals surface area contributed by atoms with E-state index in [0.29, 0.717) is 6.61 Å². The summed E-state index contributed by atoms with van der Waals surface area (Å²) in [6.45, 7) is 6.63. The molecular weight excluding hydrogens is 156 g/mol. The minimum Gasteiger partial charge on any atom is -0.394 e. The van der Waals surface area contributed by atoms with Crippen molar-refractivity contribution in [1.29, 1.82) is 0 Å². The molecule has 0 heterocycles. The number of hydrogen-bond acceptors (Lipinski definition) is 3. The molecule has 0 bridgehead atoms. The number of aliphatic hydroxyl groups is 2. The monoisotopic (exact) mass is 176 g/mol. The molecule has 0 radical (unpaired) electrons. The van der Waals surface area contributed by atoms with Crippen LogP contribution in [0.1, 0.15) is 27.2 Å². The molecule has 0 aliphatic heterocycles. The highest BCUT2D eigenvalue weighted by atomic mass is 16.5. The molecule has 0 aliphatic rings. The Labute approximate surface area is 74.4 Å². The first kappa shape index (κ1) is 11.9. The molecule has 74 valence electrons. The molecule has 0 fully saturated rings. The number of aliphatic hydroxyl groups excluding tert-OH is 2. The van der Waals surface area contributed by atoms with E-state index in [9.17, 15) is 0 Å². The quantitative estimate of drug-likeness (QED) is 0.651. The van der Waals surface area contributed by atoms with Crippen LogP contribution in [0.25, 0.3) is 0 Å². The Morgan fingerprint density at radius 3 is 2.17 bits per heavy atom. The van der Waals surface area contributed by atoms with Crippen molar-refractivity contribution in [2.24, 2.45) is 5.41 Å². The molecule has 1 unspecified atom stereocenters. The Morgan fingerprint density at radius 2 is 1.83 bits per heavy atom. The summed E-state index contributed by atoms with van der Waals surface area (Å²) in [7, 11) is 0. The van der Waals surface area contributed by atoms with Crippen LogP contribution in [0.2, 0.25) is 0 Å². The summed E-state index contributed by atoms with van der Waals surface area (Å²) in [5.41, 5.74) is 0.156. The zero-order valence-corrected chi connectivity index (χ0v) is 8.21. The van der Waals surface area contributed by atoms with Crippen molar-refractivity contribution in [1.82, 2.24) is 0 Å². The van der Waals surface area contributed by atoms with Crippen LogP contribution in [-0.4, -0.2) is 36.1 Å². The Bertz CT molecular complexity index is 107. The third kappa shape index (κ3) is 6.58. The molecule has 2 N–H and O–H groups in total. The van der Waals surface area contributed by atoms with Crippen molar-refractivity contribution < 1.29 is 14.9 Å². The van der Waals surface area contributed by atoms with Crippen LogP contribution in [0.15, 0.2) is 0 Å². The number of hydrogen-bond donors (Lipinski definition) is 2. The van der Waals surface area contributed by atoms with Crippen LogP contribution in [-0.2, 0) is 4.74 Å². The summed E-state index contributed by atoms with van der Waals surface area (Å²) in [4.78, 5) is 0. The van der Waals surface area contributed by atoms with E-state index in [2.05, 4.69) is 20.8 Å². The molecule has 0 aromatic rings. The summed E-state index contributed by atoms with van der Waals surface area (Å²) in [6.07, 6.45) is 0.667. The number of rotatable bonds is 5. The van der Waals surface area contributed by atoms with E-state index in [4.69, 9.17) is 14.9 Å². The lowest BCUT2D eigenvalue weighted by atomic mass is 9.89. The Balaban J connectivity index is 3.67. The average molecular weight is 176 g/mol. The molecule has 1 atom stereocenters. The second-order valence-corrected chi connectivity index (χ2v) is 4.16. The highest BCUT2D eigenvalue weighted by molar-refractivity contribution is 4.68. The van der Waals surface area contributed by atoms with Gasteiger partial charge in [0, 0.05) is 0 Å². The van der Waals surface area contributed by atoms with Gasteiger partial charge in [-0.05, 0) is 11.8 Å². The smallest absolute Gasteiger partial charge is 0.0811 e. The van der Waals surface area contributed by atoms with Gasteiger partial charge in [0.25, 0.3) is 0 Å². The van der Waals surface area contributed by atoms with E-state index in [1.165, 1.54) is 0 Å². The molecule has 0 aromatic carbocycles. The maximum Gasteiger partial charge on any atom is 0.0811 e. The Morgan fingerprint density at radius 1 is 1.25 bits per heavy atom. The fourth-order valence-corrected chi connectivity index (χ4v) is 1.08. The Hall–Kier alpha value is -0.120. The first-order valence-electron chi connectivity index (χ1n) is 4.33. The van der Waals surface area contributed by atoms with Crippen LogP contribution in [0.4, 0.5) is 0 Å². The summed E-state index contributed by atoms with van der Waals surface area (Å²) in [6, 6.07) is 0. The van der Waals surface area contributed by atoms with Crippen LogP contribution < -0.4 is 0 Å². The standard InChI is InChI=1S/C9H20O3/c1-9(2,3)6-8(7-11)12-5-4-10/h8,10-11H,4-7H2,1-3H3. The zero-order chi connectivity index (χ0) is 9.61. The lowest BCUT2D eigenvalue weighted by Gasteiger charge is -2.24. The van der Waals surface area contributed by atoms with Crippen LogP contribution in [0.5, 0.6) is 0 Å². The molecule has 12 heavy (non-hydrogen) atoms. The van der Waals surface area contributed by atoms with E-state index in [-0.39, 0.29) is 24.7 Å². The van der Waals surface area contributed by atoms with E-state index in [0.717, 1.165) is 6.42 Å². The van der Waals surface area contributed by atoms with Crippen LogP contribution >= 0.6 is 0 Å². The van der Waals surface area contributed by atoms with Crippen molar-refractivity contribution in [3.05, 3.63) is 0 Å². The van der Waals surface area contributed by atoms with Crippen LogP contribution in [0, 0.1) is 5.41 Å². The largest absolute Gasteiger partial charge is 0.394 e. The van der Waals surface area contributed by atoms with Gasteiger partial charge < -0.3 is 14.9 Å². The molecule has 0 saturated heterocycles. The minimum absolute atomic E-state index is 0.0145. The molecular formula is C9H20O3. The predicted molar refractivity (Wildman–Crippen MR) is 48.0 cm³/mol. The molecule has 0 aliphatic carbocycles. The van der Waals surface area contributed by atoms with Gasteiger partial charge in [0.1, 0.15) is 0 Å². The van der Waals surface area contributed by atoms with Crippen LogP contribution in [0.3, 0.4) is 0 Å². The second-order valence-electron chi connectivity index (χ2n) is 4.16. The molecule has 0 aromatic heterocycles. The van der Waals surface area contributed by atoms with Gasteiger partial charge >= 0.3 is 0 Å². The highest BCUT2D eigenvalue weighted by Gasteiger charge is 2.18. The summed E-state index contributed by atoms with van der Waals surface area (Å²) in [5, 5.41) is 17.4. The average Bonchev–Trinajstić information content (AvgIpc) is 1.95. The van der Waals surface area contributed by atoms with Gasteiger partial charge in [-0.3, -0.25) is 0 Å². The van der Waals surface area contributed by atoms with Crippen molar-refractivity contribution >= 4 is 0 Å². The van der Waals surface area contributed by atoms with Gasteiger partial charge in [-0.1, -0.05) is 20.8 Å². The third-order valence-corrected chi connectivity index (χ3v) is 1.49. The van der Waals surface area contributed by atoms with E-state index in [1.54, 1.807) is 0 Å². The van der Waals surface area contributed by atoms with Gasteiger partial charge in [0.15, 0.2) is 0 Å². The normalized spacial score (nSPS) is 14.8. The first-order chi connectivity index (χ1) is 5.49. The fourth-order valence-electron chi connectivity index (χ4n) is 1.08. The summed E-state index contributed by atoms with van der Waals surface area (Å²) in [5.74, 6) is 0. The van der Waals surface area contributed by atoms with Crippen molar-refractivity contribution in [2.45, 2.75) is 33.3 Å².